The number of carbonyl (C=O) groups excluding carboxylic acids is 3. The second kappa shape index (κ2) is 12.6. The highest BCUT2D eigenvalue weighted by Crippen LogP contribution is 2.59. The average Bonchev–Trinajstić information content (AvgIpc) is 3.78. The number of hydrogen-bond donors (Lipinski definition) is 4. The third-order valence-electron chi connectivity index (χ3n) is 9.34. The minimum atomic E-state index is -5.82. The van der Waals surface area contributed by atoms with Gasteiger partial charge in [-0.2, -0.15) is 14.0 Å². The third kappa shape index (κ3) is 6.37. The molecule has 3 saturated heterocycles. The molecule has 6 atom stereocenters. The van der Waals surface area contributed by atoms with Crippen LogP contribution in [0, 0.1) is 22.0 Å². The van der Waals surface area contributed by atoms with Crippen molar-refractivity contribution in [3.05, 3.63) is 70.6 Å². The molecule has 3 aliphatic heterocycles. The Labute approximate surface area is 278 Å². The third-order valence-corrected chi connectivity index (χ3v) is 13.2. The fraction of sp³-hybridized carbons (Fsp3) is 0.419. The maximum absolute atomic E-state index is 14.3. The molecule has 4 heterocycles. The molecular weight excluding hydrogens is 687 g/mol. The second-order valence-corrected chi connectivity index (χ2v) is 17.5. The molecular formula is C31H32F2N5O7PS2. The van der Waals surface area contributed by atoms with Gasteiger partial charge in [0.2, 0.25) is 11.8 Å². The van der Waals surface area contributed by atoms with E-state index in [4.69, 9.17) is 14.6 Å². The molecule has 48 heavy (non-hydrogen) atoms. The molecule has 254 valence electrons. The van der Waals surface area contributed by atoms with Crippen LogP contribution in [-0.2, 0) is 29.5 Å². The van der Waals surface area contributed by atoms with E-state index < -0.39 is 70.2 Å². The second-order valence-electron chi connectivity index (χ2n) is 12.4. The van der Waals surface area contributed by atoms with Crippen LogP contribution in [0.4, 0.5) is 8.78 Å². The van der Waals surface area contributed by atoms with Crippen molar-refractivity contribution in [2.24, 2.45) is 5.92 Å². The number of nitrogens with one attached hydrogen (secondary N) is 2. The quantitative estimate of drug-likeness (QED) is 0.277. The minimum absolute atomic E-state index is 0.00912. The lowest BCUT2D eigenvalue weighted by atomic mass is 9.90. The van der Waals surface area contributed by atoms with Crippen molar-refractivity contribution in [1.29, 1.82) is 10.0 Å². The minimum Gasteiger partial charge on any atom is -0.339 e. The number of nitriles is 1. The molecule has 1 unspecified atom stereocenters. The van der Waals surface area contributed by atoms with Gasteiger partial charge in [-0.05, 0) is 48.4 Å². The van der Waals surface area contributed by atoms with Crippen LogP contribution in [0.1, 0.15) is 46.0 Å². The molecule has 6 rings (SSSR count). The van der Waals surface area contributed by atoms with Crippen molar-refractivity contribution in [1.82, 2.24) is 15.1 Å². The van der Waals surface area contributed by atoms with E-state index in [-0.39, 0.29) is 40.8 Å². The van der Waals surface area contributed by atoms with Gasteiger partial charge in [0.25, 0.3) is 5.91 Å². The van der Waals surface area contributed by atoms with Crippen LogP contribution in [0.3, 0.4) is 0 Å². The van der Waals surface area contributed by atoms with E-state index in [2.05, 4.69) is 11.4 Å². The summed E-state index contributed by atoms with van der Waals surface area (Å²) in [6, 6.07) is 13.2. The van der Waals surface area contributed by atoms with Crippen LogP contribution in [0.2, 0.25) is 0 Å². The van der Waals surface area contributed by atoms with Crippen LogP contribution < -0.4 is 5.32 Å². The molecule has 0 bridgehead atoms. The summed E-state index contributed by atoms with van der Waals surface area (Å²) in [5.41, 5.74) is -4.44. The van der Waals surface area contributed by atoms with E-state index in [9.17, 15) is 37.2 Å². The fourth-order valence-electron chi connectivity index (χ4n) is 6.88. The van der Waals surface area contributed by atoms with Crippen molar-refractivity contribution in [2.45, 2.75) is 49.0 Å². The molecule has 0 spiro atoms. The van der Waals surface area contributed by atoms with E-state index >= 15 is 0 Å². The van der Waals surface area contributed by atoms with Gasteiger partial charge in [0.05, 0.1) is 22.6 Å². The van der Waals surface area contributed by atoms with Crippen LogP contribution in [0.15, 0.2) is 54.6 Å². The van der Waals surface area contributed by atoms with E-state index in [1.54, 1.807) is 4.90 Å². The van der Waals surface area contributed by atoms with Crippen molar-refractivity contribution >= 4 is 56.5 Å². The van der Waals surface area contributed by atoms with E-state index in [1.165, 1.54) is 17.0 Å². The molecule has 3 amide bonds. The molecule has 3 aliphatic rings. The molecule has 0 radical (unpaired) electrons. The smallest absolute Gasteiger partial charge is 0.339 e. The zero-order valence-corrected chi connectivity index (χ0v) is 27.9. The first-order valence-electron chi connectivity index (χ1n) is 15.2. The van der Waals surface area contributed by atoms with Crippen molar-refractivity contribution < 1.29 is 41.7 Å². The highest BCUT2D eigenvalue weighted by molar-refractivity contribution is 7.92. The Kier molecular flexibility index (Phi) is 8.97. The lowest BCUT2D eigenvalue weighted by Crippen LogP contribution is -2.59. The number of halogens is 2. The van der Waals surface area contributed by atoms with Gasteiger partial charge in [0.1, 0.15) is 12.1 Å². The fourth-order valence-corrected chi connectivity index (χ4v) is 9.88. The maximum Gasteiger partial charge on any atom is 0.399 e. The topological polar surface area (TPSA) is 192 Å². The lowest BCUT2D eigenvalue weighted by Gasteiger charge is -2.36. The van der Waals surface area contributed by atoms with Crippen LogP contribution in [0.25, 0.3) is 10.1 Å². The summed E-state index contributed by atoms with van der Waals surface area (Å²) < 4.78 is 61.9. The van der Waals surface area contributed by atoms with Gasteiger partial charge in [-0.25, -0.2) is 4.21 Å². The van der Waals surface area contributed by atoms with Gasteiger partial charge < -0.3 is 24.9 Å². The summed E-state index contributed by atoms with van der Waals surface area (Å²) in [6.45, 7) is 0.505. The van der Waals surface area contributed by atoms with E-state index in [1.807, 2.05) is 30.3 Å². The first-order valence-corrected chi connectivity index (χ1v) is 19.5. The Bertz CT molecular complexity index is 1980. The molecule has 12 nitrogen and oxygen atoms in total. The number of benzene rings is 2. The number of amides is 3. The Balaban J connectivity index is 1.23. The number of thiophene rings is 1. The Hall–Kier alpha value is -3.74. The summed E-state index contributed by atoms with van der Waals surface area (Å²) in [4.78, 5) is 62.8. The van der Waals surface area contributed by atoms with Crippen molar-refractivity contribution in [2.75, 3.05) is 24.6 Å². The zero-order chi connectivity index (χ0) is 34.6. The molecule has 2 aromatic carbocycles. The summed E-state index contributed by atoms with van der Waals surface area (Å²) in [5, 5.41) is 12.5. The Morgan fingerprint density at radius 2 is 1.83 bits per heavy atom. The van der Waals surface area contributed by atoms with Crippen molar-refractivity contribution in [3.63, 3.8) is 0 Å². The summed E-state index contributed by atoms with van der Waals surface area (Å²) in [7, 11) is -9.12. The predicted molar refractivity (Wildman–Crippen MR) is 173 cm³/mol. The molecule has 1 aromatic heterocycles. The van der Waals surface area contributed by atoms with Gasteiger partial charge >= 0.3 is 13.3 Å². The number of nitrogens with zero attached hydrogens (tertiary/aromatic N) is 3. The maximum atomic E-state index is 14.3. The number of rotatable bonds is 6. The van der Waals surface area contributed by atoms with Gasteiger partial charge in [-0.1, -0.05) is 36.4 Å². The van der Waals surface area contributed by atoms with Crippen LogP contribution in [0.5, 0.6) is 0 Å². The standard InChI is InChI=1S/C31H32F2N5O7PS2/c32-31(33,46(42,43)44)21-6-9-26-19(12-21)13-27(47-26)28(39)36-24-17-48(35,45)11-10-22-7-8-25(38(22)29(24)40)30(41)37-15-20(14-34)23(16-37)18-4-2-1-3-5-18/h1-6,9,12-13,20,22-25,35H,7-8,10-11,15-17H2,(H,36,39)(H2,42,43,44)/t20-,22+,23+,24-,25-,48?/m0/s1. The van der Waals surface area contributed by atoms with Gasteiger partial charge in [-0.3, -0.25) is 23.7 Å². The van der Waals surface area contributed by atoms with Gasteiger partial charge in [-0.15, -0.1) is 11.3 Å². The van der Waals surface area contributed by atoms with Crippen LogP contribution in [-0.4, -0.2) is 84.2 Å². The molecule has 17 heteroatoms. The highest BCUT2D eigenvalue weighted by Gasteiger charge is 2.51. The number of likely N-dealkylation sites (tertiary alicyclic amines) is 1. The molecule has 0 aliphatic carbocycles. The lowest BCUT2D eigenvalue weighted by molar-refractivity contribution is -0.145. The monoisotopic (exact) mass is 719 g/mol. The highest BCUT2D eigenvalue weighted by atomic mass is 32.2. The molecule has 3 fully saturated rings. The number of alkyl halides is 2. The SMILES string of the molecule is N#C[C@H]1CN(C(=O)[C@@H]2CC[C@@H]3CCS(=N)(=O)C[C@H](NC(=O)c4cc5cc(C(F)(F)P(=O)(O)O)ccc5s4)C(=O)N32)C[C@@H]1c1ccccc1. The number of fused-ring (bicyclic) bond motifs is 2. The molecule has 3 aromatic rings. The van der Waals surface area contributed by atoms with Gasteiger partial charge in [0, 0.05) is 50.8 Å². The Morgan fingerprint density at radius 1 is 1.10 bits per heavy atom. The number of hydrogen-bond acceptors (Lipinski definition) is 8. The summed E-state index contributed by atoms with van der Waals surface area (Å²) in [6.07, 6.45) is 1.02. The first-order chi connectivity index (χ1) is 22.6. The predicted octanol–water partition coefficient (Wildman–Crippen LogP) is 3.80. The zero-order valence-electron chi connectivity index (χ0n) is 25.3. The van der Waals surface area contributed by atoms with Crippen LogP contribution >= 0.6 is 18.9 Å². The largest absolute Gasteiger partial charge is 0.399 e. The molecule has 0 saturated carbocycles. The molecule has 4 N–H and O–H groups in total. The summed E-state index contributed by atoms with van der Waals surface area (Å²) in [5.74, 6) is -2.91. The first kappa shape index (κ1) is 34.1. The normalized spacial score (nSPS) is 28.1. The van der Waals surface area contributed by atoms with Gasteiger partial charge in [0.15, 0.2) is 0 Å². The van der Waals surface area contributed by atoms with Crippen molar-refractivity contribution in [3.8, 4) is 6.07 Å². The summed E-state index contributed by atoms with van der Waals surface area (Å²) >= 11 is 0.892. The Morgan fingerprint density at radius 3 is 2.52 bits per heavy atom. The number of carbonyl (C=O) groups is 3. The average molecular weight is 720 g/mol. The van der Waals surface area contributed by atoms with E-state index in [0.29, 0.717) is 24.1 Å². The van der Waals surface area contributed by atoms with E-state index in [0.717, 1.165) is 29.0 Å².